The molecule has 2 aromatic rings. The molecule has 0 saturated heterocycles. The summed E-state index contributed by atoms with van der Waals surface area (Å²) < 4.78 is 1.33. The molecule has 0 spiro atoms. The van der Waals surface area contributed by atoms with Crippen LogP contribution in [-0.4, -0.2) is 26.1 Å². The molecule has 0 saturated carbocycles. The fourth-order valence-electron chi connectivity index (χ4n) is 1.28. The van der Waals surface area contributed by atoms with E-state index in [0.717, 1.165) is 0 Å². The molecule has 0 fully saturated rings. The lowest BCUT2D eigenvalue weighted by Gasteiger charge is -2.06. The van der Waals surface area contributed by atoms with Crippen molar-refractivity contribution in [3.63, 3.8) is 0 Å². The van der Waals surface area contributed by atoms with E-state index in [0.29, 0.717) is 12.2 Å². The molecule has 0 aliphatic rings. The van der Waals surface area contributed by atoms with Crippen LogP contribution >= 0.6 is 0 Å². The number of hydrazine groups is 1. The predicted octanol–water partition coefficient (Wildman–Crippen LogP) is 0.125. The van der Waals surface area contributed by atoms with Gasteiger partial charge in [-0.25, -0.2) is 15.2 Å². The summed E-state index contributed by atoms with van der Waals surface area (Å²) in [5.74, 6) is 0.215. The van der Waals surface area contributed by atoms with Crippen LogP contribution in [0.2, 0.25) is 0 Å². The van der Waals surface area contributed by atoms with Crippen molar-refractivity contribution in [1.29, 1.82) is 0 Å². The van der Waals surface area contributed by atoms with Crippen LogP contribution in [0.25, 0.3) is 5.69 Å². The molecular weight excluding hydrogens is 232 g/mol. The lowest BCUT2D eigenvalue weighted by atomic mass is 10.4. The smallest absolute Gasteiger partial charge is 0.289 e. The van der Waals surface area contributed by atoms with Gasteiger partial charge in [0, 0.05) is 18.9 Å². The van der Waals surface area contributed by atoms with Gasteiger partial charge in [-0.15, -0.1) is 6.58 Å². The van der Waals surface area contributed by atoms with E-state index in [2.05, 4.69) is 32.4 Å². The molecule has 2 heterocycles. The quantitative estimate of drug-likeness (QED) is 0.441. The lowest BCUT2D eigenvalue weighted by molar-refractivity contribution is 0.815. The normalized spacial score (nSPS) is 10.0. The Morgan fingerprint density at radius 1 is 1.39 bits per heavy atom. The fourth-order valence-corrected chi connectivity index (χ4v) is 1.28. The number of pyridine rings is 1. The van der Waals surface area contributed by atoms with Crippen LogP contribution < -0.4 is 16.5 Å². The zero-order valence-corrected chi connectivity index (χ0v) is 9.58. The van der Waals surface area contributed by atoms with E-state index in [1.165, 1.54) is 10.9 Å². The van der Waals surface area contributed by atoms with Crippen LogP contribution in [0, 0.1) is 0 Å². The maximum atomic E-state index is 11.8. The van der Waals surface area contributed by atoms with Gasteiger partial charge in [0.05, 0.1) is 5.69 Å². The average molecular weight is 244 g/mol. The Balaban J connectivity index is 2.21. The highest BCUT2D eigenvalue weighted by molar-refractivity contribution is 5.29. The van der Waals surface area contributed by atoms with Crippen LogP contribution in [0.15, 0.2) is 48.3 Å². The lowest BCUT2D eigenvalue weighted by Crippen LogP contribution is -2.28. The van der Waals surface area contributed by atoms with Gasteiger partial charge >= 0.3 is 5.69 Å². The summed E-state index contributed by atoms with van der Waals surface area (Å²) in [6.07, 6.45) is 6.27. The number of rotatable bonds is 5. The molecule has 7 nitrogen and oxygen atoms in total. The first-order valence-electron chi connectivity index (χ1n) is 5.27. The van der Waals surface area contributed by atoms with E-state index >= 15 is 0 Å². The molecule has 2 aromatic heterocycles. The van der Waals surface area contributed by atoms with E-state index in [1.807, 2.05) is 0 Å². The van der Waals surface area contributed by atoms with E-state index in [-0.39, 0.29) is 5.95 Å². The SMILES string of the molecule is C=CCNNc1ncn(-c2ccncc2)c(=O)n1. The molecular formula is C11H12N6O. The highest BCUT2D eigenvalue weighted by Gasteiger charge is 2.02. The summed E-state index contributed by atoms with van der Waals surface area (Å²) in [4.78, 5) is 23.5. The van der Waals surface area contributed by atoms with Gasteiger partial charge in [-0.3, -0.25) is 15.0 Å². The molecule has 0 aromatic carbocycles. The first kappa shape index (κ1) is 11.9. The number of nitrogens with one attached hydrogen (secondary N) is 2. The van der Waals surface area contributed by atoms with Gasteiger partial charge in [-0.2, -0.15) is 4.98 Å². The molecule has 7 heteroatoms. The minimum Gasteiger partial charge on any atom is -0.289 e. The minimum atomic E-state index is -0.417. The zero-order chi connectivity index (χ0) is 12.8. The summed E-state index contributed by atoms with van der Waals surface area (Å²) in [5, 5.41) is 0. The number of nitrogens with zero attached hydrogens (tertiary/aromatic N) is 4. The van der Waals surface area contributed by atoms with Gasteiger partial charge in [0.1, 0.15) is 6.33 Å². The van der Waals surface area contributed by atoms with Crippen molar-refractivity contribution in [2.75, 3.05) is 12.0 Å². The number of hydrogen-bond acceptors (Lipinski definition) is 6. The molecule has 0 unspecified atom stereocenters. The van der Waals surface area contributed by atoms with Gasteiger partial charge < -0.3 is 0 Å². The second-order valence-corrected chi connectivity index (χ2v) is 3.33. The van der Waals surface area contributed by atoms with Gasteiger partial charge in [0.15, 0.2) is 0 Å². The van der Waals surface area contributed by atoms with Crippen molar-refractivity contribution in [1.82, 2.24) is 24.9 Å². The van der Waals surface area contributed by atoms with Crippen molar-refractivity contribution in [3.8, 4) is 5.69 Å². The monoisotopic (exact) mass is 244 g/mol. The topological polar surface area (TPSA) is 84.7 Å². The summed E-state index contributed by atoms with van der Waals surface area (Å²) in [6, 6.07) is 3.40. The molecule has 2 rings (SSSR count). The van der Waals surface area contributed by atoms with E-state index in [9.17, 15) is 4.79 Å². The Kier molecular flexibility index (Phi) is 3.77. The van der Waals surface area contributed by atoms with Crippen molar-refractivity contribution in [2.24, 2.45) is 0 Å². The number of anilines is 1. The van der Waals surface area contributed by atoms with Crippen LogP contribution in [0.3, 0.4) is 0 Å². The third kappa shape index (κ3) is 2.77. The van der Waals surface area contributed by atoms with Gasteiger partial charge in [0.25, 0.3) is 0 Å². The highest BCUT2D eigenvalue weighted by Crippen LogP contribution is 2.00. The minimum absolute atomic E-state index is 0.215. The molecule has 2 N–H and O–H groups in total. The Bertz CT molecular complexity index is 580. The second kappa shape index (κ2) is 5.69. The van der Waals surface area contributed by atoms with E-state index in [4.69, 9.17) is 0 Å². The maximum absolute atomic E-state index is 11.8. The zero-order valence-electron chi connectivity index (χ0n) is 9.58. The molecule has 0 aliphatic heterocycles. The highest BCUT2D eigenvalue weighted by atomic mass is 16.1. The third-order valence-electron chi connectivity index (χ3n) is 2.09. The van der Waals surface area contributed by atoms with Crippen LogP contribution in [0.1, 0.15) is 0 Å². The fraction of sp³-hybridized carbons (Fsp3) is 0.0909. The van der Waals surface area contributed by atoms with Crippen LogP contribution in [0.4, 0.5) is 5.95 Å². The molecule has 0 bridgehead atoms. The average Bonchev–Trinajstić information content (AvgIpc) is 2.40. The van der Waals surface area contributed by atoms with Crippen molar-refractivity contribution in [3.05, 3.63) is 54.0 Å². The Morgan fingerprint density at radius 2 is 2.17 bits per heavy atom. The summed E-state index contributed by atoms with van der Waals surface area (Å²) in [7, 11) is 0. The van der Waals surface area contributed by atoms with Crippen molar-refractivity contribution >= 4 is 5.95 Å². The Morgan fingerprint density at radius 3 is 2.83 bits per heavy atom. The van der Waals surface area contributed by atoms with Crippen molar-refractivity contribution in [2.45, 2.75) is 0 Å². The first-order valence-corrected chi connectivity index (χ1v) is 5.27. The molecule has 0 radical (unpaired) electrons. The molecule has 0 aliphatic carbocycles. The van der Waals surface area contributed by atoms with Gasteiger partial charge in [-0.1, -0.05) is 6.08 Å². The molecule has 18 heavy (non-hydrogen) atoms. The molecule has 0 atom stereocenters. The molecule has 92 valence electrons. The predicted molar refractivity (Wildman–Crippen MR) is 67.2 cm³/mol. The third-order valence-corrected chi connectivity index (χ3v) is 2.09. The number of aromatic nitrogens is 4. The van der Waals surface area contributed by atoms with Crippen LogP contribution in [0.5, 0.6) is 0 Å². The van der Waals surface area contributed by atoms with Crippen LogP contribution in [-0.2, 0) is 0 Å². The van der Waals surface area contributed by atoms with E-state index in [1.54, 1.807) is 30.6 Å². The largest absolute Gasteiger partial charge is 0.356 e. The maximum Gasteiger partial charge on any atom is 0.356 e. The Hall–Kier alpha value is -2.54. The van der Waals surface area contributed by atoms with Gasteiger partial charge in [-0.05, 0) is 12.1 Å². The van der Waals surface area contributed by atoms with Gasteiger partial charge in [0.2, 0.25) is 5.95 Å². The summed E-state index contributed by atoms with van der Waals surface area (Å²) in [5.41, 5.74) is 5.73. The number of hydrogen-bond donors (Lipinski definition) is 2. The van der Waals surface area contributed by atoms with E-state index < -0.39 is 5.69 Å². The van der Waals surface area contributed by atoms with Crippen molar-refractivity contribution < 1.29 is 0 Å². The summed E-state index contributed by atoms with van der Waals surface area (Å²) >= 11 is 0. The second-order valence-electron chi connectivity index (χ2n) is 3.33. The summed E-state index contributed by atoms with van der Waals surface area (Å²) in [6.45, 7) is 4.09. The molecule has 0 amide bonds. The standard InChI is InChI=1S/C11H12N6O/c1-2-5-14-16-10-13-8-17(11(18)15-10)9-3-6-12-7-4-9/h2-4,6-8,14H,1,5H2,(H,15,16,18). The first-order chi connectivity index (χ1) is 8.81. The Labute approximate surface area is 103 Å².